The number of anilines is 1. The molecule has 0 unspecified atom stereocenters. The molecule has 29 heavy (non-hydrogen) atoms. The lowest BCUT2D eigenvalue weighted by molar-refractivity contribution is 0.391. The standard InChI is InChI=1S/C18H15ClF2N2O4S2/c1-26-12-4-3-11(14(9-12)27-2)10-23(18-22-7-8-28-18)29(24,25)15-6-5-13(20)16(19)17(15)21/h3-9H,10H2,1-2H3. The molecule has 0 amide bonds. The number of methoxy groups -OCH3 is 2. The summed E-state index contributed by atoms with van der Waals surface area (Å²) in [5.41, 5.74) is 0.487. The molecule has 1 heterocycles. The summed E-state index contributed by atoms with van der Waals surface area (Å²) >= 11 is 6.63. The van der Waals surface area contributed by atoms with Crippen LogP contribution in [0.15, 0.2) is 46.8 Å². The van der Waals surface area contributed by atoms with Crippen LogP contribution in [0.3, 0.4) is 0 Å². The Bertz CT molecular complexity index is 1130. The molecule has 6 nitrogen and oxygen atoms in total. The average molecular weight is 461 g/mol. The quantitative estimate of drug-likeness (QED) is 0.486. The second kappa shape index (κ2) is 8.52. The van der Waals surface area contributed by atoms with Crippen molar-refractivity contribution in [2.75, 3.05) is 18.5 Å². The Morgan fingerprint density at radius 3 is 2.55 bits per heavy atom. The first-order chi connectivity index (χ1) is 13.8. The van der Waals surface area contributed by atoms with E-state index in [9.17, 15) is 17.2 Å². The molecule has 0 aliphatic rings. The van der Waals surface area contributed by atoms with Crippen LogP contribution in [0.2, 0.25) is 5.02 Å². The van der Waals surface area contributed by atoms with E-state index in [0.717, 1.165) is 27.8 Å². The number of hydrogen-bond donors (Lipinski definition) is 0. The number of hydrogen-bond acceptors (Lipinski definition) is 6. The number of nitrogens with zero attached hydrogens (tertiary/aromatic N) is 2. The normalized spacial score (nSPS) is 11.3. The van der Waals surface area contributed by atoms with Gasteiger partial charge in [-0.15, -0.1) is 11.3 Å². The lowest BCUT2D eigenvalue weighted by atomic mass is 10.2. The van der Waals surface area contributed by atoms with Gasteiger partial charge in [0.15, 0.2) is 10.9 Å². The summed E-state index contributed by atoms with van der Waals surface area (Å²) < 4.78 is 65.9. The molecule has 0 aliphatic carbocycles. The molecule has 11 heteroatoms. The maximum Gasteiger partial charge on any atom is 0.269 e. The van der Waals surface area contributed by atoms with Gasteiger partial charge in [-0.1, -0.05) is 11.6 Å². The van der Waals surface area contributed by atoms with Crippen molar-refractivity contribution in [3.8, 4) is 11.5 Å². The van der Waals surface area contributed by atoms with E-state index in [1.165, 1.54) is 20.4 Å². The Balaban J connectivity index is 2.12. The second-order valence-electron chi connectivity index (χ2n) is 5.68. The van der Waals surface area contributed by atoms with E-state index in [0.29, 0.717) is 17.1 Å². The van der Waals surface area contributed by atoms with E-state index in [1.807, 2.05) is 0 Å². The van der Waals surface area contributed by atoms with Crippen LogP contribution in [-0.2, 0) is 16.6 Å². The average Bonchev–Trinajstić information content (AvgIpc) is 3.24. The van der Waals surface area contributed by atoms with Gasteiger partial charge in [0, 0.05) is 23.2 Å². The number of sulfonamides is 1. The Morgan fingerprint density at radius 2 is 1.93 bits per heavy atom. The van der Waals surface area contributed by atoms with E-state index in [4.69, 9.17) is 21.1 Å². The van der Waals surface area contributed by atoms with Crippen molar-refractivity contribution in [1.82, 2.24) is 4.98 Å². The van der Waals surface area contributed by atoms with E-state index < -0.39 is 31.6 Å². The van der Waals surface area contributed by atoms with Gasteiger partial charge in [-0.3, -0.25) is 0 Å². The molecule has 2 aromatic carbocycles. The lowest BCUT2D eigenvalue weighted by Crippen LogP contribution is -2.31. The topological polar surface area (TPSA) is 68.7 Å². The predicted molar refractivity (Wildman–Crippen MR) is 106 cm³/mol. The Hall–Kier alpha value is -2.43. The third-order valence-electron chi connectivity index (χ3n) is 4.01. The Labute approximate surface area is 175 Å². The first kappa shape index (κ1) is 21.3. The third-order valence-corrected chi connectivity index (χ3v) is 7.02. The minimum absolute atomic E-state index is 0.0997. The fraction of sp³-hybridized carbons (Fsp3) is 0.167. The highest BCUT2D eigenvalue weighted by atomic mass is 35.5. The van der Waals surface area contributed by atoms with Gasteiger partial charge in [0.2, 0.25) is 0 Å². The number of ether oxygens (including phenoxy) is 2. The van der Waals surface area contributed by atoms with Crippen LogP contribution in [-0.4, -0.2) is 27.6 Å². The summed E-state index contributed by atoms with van der Waals surface area (Å²) in [7, 11) is -1.55. The van der Waals surface area contributed by atoms with Crippen molar-refractivity contribution in [1.29, 1.82) is 0 Å². The summed E-state index contributed by atoms with van der Waals surface area (Å²) in [6.07, 6.45) is 1.42. The number of benzene rings is 2. The van der Waals surface area contributed by atoms with Crippen molar-refractivity contribution in [2.45, 2.75) is 11.4 Å². The number of rotatable bonds is 7. The van der Waals surface area contributed by atoms with E-state index in [-0.39, 0.29) is 11.7 Å². The summed E-state index contributed by atoms with van der Waals surface area (Å²) in [6, 6.07) is 6.49. The zero-order valence-electron chi connectivity index (χ0n) is 15.2. The van der Waals surface area contributed by atoms with Crippen LogP contribution in [0.25, 0.3) is 0 Å². The molecule has 3 aromatic rings. The molecule has 3 rings (SSSR count). The van der Waals surface area contributed by atoms with E-state index in [2.05, 4.69) is 4.98 Å². The van der Waals surface area contributed by atoms with E-state index >= 15 is 0 Å². The molecule has 0 fully saturated rings. The van der Waals surface area contributed by atoms with Crippen LogP contribution < -0.4 is 13.8 Å². The molecule has 0 radical (unpaired) electrons. The highest BCUT2D eigenvalue weighted by Crippen LogP contribution is 2.34. The van der Waals surface area contributed by atoms with Gasteiger partial charge in [0.1, 0.15) is 27.2 Å². The van der Waals surface area contributed by atoms with Gasteiger partial charge in [-0.05, 0) is 24.3 Å². The Kier molecular flexibility index (Phi) is 6.25. The molecule has 0 bridgehead atoms. The number of aromatic nitrogens is 1. The van der Waals surface area contributed by atoms with Crippen LogP contribution >= 0.6 is 22.9 Å². The number of thiazole rings is 1. The second-order valence-corrected chi connectivity index (χ2v) is 8.76. The lowest BCUT2D eigenvalue weighted by Gasteiger charge is -2.23. The summed E-state index contributed by atoms with van der Waals surface area (Å²) in [5.74, 6) is -1.53. The first-order valence-electron chi connectivity index (χ1n) is 8.06. The summed E-state index contributed by atoms with van der Waals surface area (Å²) in [6.45, 7) is -0.211. The van der Waals surface area contributed by atoms with Gasteiger partial charge < -0.3 is 9.47 Å². The first-order valence-corrected chi connectivity index (χ1v) is 10.8. The predicted octanol–water partition coefficient (Wildman–Crippen LogP) is 4.49. The molecular formula is C18H15ClF2N2O4S2. The van der Waals surface area contributed by atoms with Crippen LogP contribution in [0.5, 0.6) is 11.5 Å². The molecule has 0 N–H and O–H groups in total. The van der Waals surface area contributed by atoms with Crippen LogP contribution in [0, 0.1) is 11.6 Å². The minimum atomic E-state index is -4.46. The number of halogens is 3. The van der Waals surface area contributed by atoms with E-state index in [1.54, 1.807) is 23.6 Å². The molecule has 1 aromatic heterocycles. The molecule has 154 valence electrons. The zero-order chi connectivity index (χ0) is 21.2. The maximum absolute atomic E-state index is 14.5. The largest absolute Gasteiger partial charge is 0.497 e. The van der Waals surface area contributed by atoms with Crippen molar-refractivity contribution in [3.05, 3.63) is 64.1 Å². The highest BCUT2D eigenvalue weighted by Gasteiger charge is 2.32. The highest BCUT2D eigenvalue weighted by molar-refractivity contribution is 7.93. The maximum atomic E-state index is 14.5. The molecule has 0 spiro atoms. The third kappa shape index (κ3) is 4.14. The fourth-order valence-electron chi connectivity index (χ4n) is 2.56. The molecule has 0 atom stereocenters. The van der Waals surface area contributed by atoms with Gasteiger partial charge >= 0.3 is 0 Å². The zero-order valence-corrected chi connectivity index (χ0v) is 17.6. The van der Waals surface area contributed by atoms with Crippen LogP contribution in [0.4, 0.5) is 13.9 Å². The van der Waals surface area contributed by atoms with Crippen molar-refractivity contribution in [2.24, 2.45) is 0 Å². The van der Waals surface area contributed by atoms with Gasteiger partial charge in [-0.2, -0.15) is 0 Å². The monoisotopic (exact) mass is 460 g/mol. The van der Waals surface area contributed by atoms with Gasteiger partial charge in [0.25, 0.3) is 10.0 Å². The SMILES string of the molecule is COc1ccc(CN(c2nccs2)S(=O)(=O)c2ccc(F)c(Cl)c2F)c(OC)c1. The molecule has 0 saturated carbocycles. The van der Waals surface area contributed by atoms with Gasteiger partial charge in [-0.25, -0.2) is 26.5 Å². The molecule has 0 aliphatic heterocycles. The molecular weight excluding hydrogens is 446 g/mol. The fourth-order valence-corrected chi connectivity index (χ4v) is 5.12. The smallest absolute Gasteiger partial charge is 0.269 e. The van der Waals surface area contributed by atoms with Crippen molar-refractivity contribution >= 4 is 38.1 Å². The minimum Gasteiger partial charge on any atom is -0.497 e. The summed E-state index contributed by atoms with van der Waals surface area (Å²) in [4.78, 5) is 3.28. The van der Waals surface area contributed by atoms with Crippen LogP contribution in [0.1, 0.15) is 5.56 Å². The molecule has 0 saturated heterocycles. The van der Waals surface area contributed by atoms with Gasteiger partial charge in [0.05, 0.1) is 20.8 Å². The summed E-state index contributed by atoms with van der Waals surface area (Å²) in [5, 5.41) is 0.784. The van der Waals surface area contributed by atoms with Crippen molar-refractivity contribution < 1.29 is 26.7 Å². The van der Waals surface area contributed by atoms with Crippen molar-refractivity contribution in [3.63, 3.8) is 0 Å². The Morgan fingerprint density at radius 1 is 1.17 bits per heavy atom.